The lowest BCUT2D eigenvalue weighted by Crippen LogP contribution is -2.47. The largest absolute Gasteiger partial charge is 0.393 e. The predicted octanol–water partition coefficient (Wildman–Crippen LogP) is 4.05. The summed E-state index contributed by atoms with van der Waals surface area (Å²) in [7, 11) is 0. The first-order chi connectivity index (χ1) is 10.4. The predicted molar refractivity (Wildman–Crippen MR) is 87.2 cm³/mol. The average Bonchev–Trinajstić information content (AvgIpc) is 2.77. The van der Waals surface area contributed by atoms with Gasteiger partial charge < -0.3 is 5.11 Å². The maximum atomic E-state index is 11.9. The topological polar surface area (TPSA) is 37.3 Å². The summed E-state index contributed by atoms with van der Waals surface area (Å²) in [6, 6.07) is 0. The van der Waals surface area contributed by atoms with Crippen LogP contribution in [-0.4, -0.2) is 17.0 Å². The molecule has 0 aromatic carbocycles. The quantitative estimate of drug-likeness (QED) is 0.685. The molecule has 0 unspecified atom stereocenters. The molecular weight excluding hydrogens is 272 g/mol. The zero-order chi connectivity index (χ0) is 15.7. The lowest BCUT2D eigenvalue weighted by molar-refractivity contribution is -0.116. The molecular formula is C20H28O2. The summed E-state index contributed by atoms with van der Waals surface area (Å²) in [4.78, 5) is 11.9. The molecule has 0 aliphatic heterocycles. The summed E-state index contributed by atoms with van der Waals surface area (Å²) in [5.74, 6) is 1.83. The summed E-state index contributed by atoms with van der Waals surface area (Å²) in [6.45, 7) is 6.95. The lowest BCUT2D eigenvalue weighted by Gasteiger charge is -2.55. The van der Waals surface area contributed by atoms with Gasteiger partial charge in [0.05, 0.1) is 6.10 Å². The highest BCUT2D eigenvalue weighted by molar-refractivity contribution is 5.92. The highest BCUT2D eigenvalue weighted by Gasteiger charge is 2.56. The van der Waals surface area contributed by atoms with E-state index in [9.17, 15) is 9.90 Å². The van der Waals surface area contributed by atoms with E-state index in [1.165, 1.54) is 12.0 Å². The third kappa shape index (κ3) is 1.73. The second-order valence-corrected chi connectivity index (χ2v) is 8.68. The highest BCUT2D eigenvalue weighted by atomic mass is 16.3. The number of aliphatic hydroxyl groups excluding tert-OH is 1. The fourth-order valence-corrected chi connectivity index (χ4v) is 6.23. The first-order valence-electron chi connectivity index (χ1n) is 9.01. The van der Waals surface area contributed by atoms with Crippen molar-refractivity contribution >= 4 is 5.78 Å². The van der Waals surface area contributed by atoms with E-state index in [0.29, 0.717) is 30.0 Å². The molecule has 0 aromatic rings. The van der Waals surface area contributed by atoms with E-state index >= 15 is 0 Å². The fraction of sp³-hybridized carbons (Fsp3) is 0.750. The molecule has 1 N–H and O–H groups in total. The van der Waals surface area contributed by atoms with Crippen LogP contribution in [-0.2, 0) is 4.79 Å². The number of hydrogen-bond acceptors (Lipinski definition) is 2. The second-order valence-electron chi connectivity index (χ2n) is 8.68. The molecule has 6 atom stereocenters. The Bertz CT molecular complexity index is 587. The van der Waals surface area contributed by atoms with Gasteiger partial charge in [-0.05, 0) is 61.3 Å². The number of rotatable bonds is 0. The average molecular weight is 300 g/mol. The van der Waals surface area contributed by atoms with Crippen LogP contribution in [0.5, 0.6) is 0 Å². The van der Waals surface area contributed by atoms with E-state index in [2.05, 4.69) is 26.8 Å². The van der Waals surface area contributed by atoms with Crippen molar-refractivity contribution in [1.29, 1.82) is 0 Å². The monoisotopic (exact) mass is 300 g/mol. The van der Waals surface area contributed by atoms with E-state index in [1.807, 2.05) is 6.08 Å². The van der Waals surface area contributed by atoms with Gasteiger partial charge in [0.15, 0.2) is 5.78 Å². The van der Waals surface area contributed by atoms with E-state index in [-0.39, 0.29) is 16.9 Å². The van der Waals surface area contributed by atoms with Crippen molar-refractivity contribution in [3.05, 3.63) is 23.3 Å². The molecule has 4 rings (SSSR count). The highest BCUT2D eigenvalue weighted by Crippen LogP contribution is 2.64. The summed E-state index contributed by atoms with van der Waals surface area (Å²) in [6.07, 6.45) is 10.4. The van der Waals surface area contributed by atoms with Crippen LogP contribution in [0.15, 0.2) is 23.3 Å². The van der Waals surface area contributed by atoms with E-state index < -0.39 is 0 Å². The van der Waals surface area contributed by atoms with Crippen molar-refractivity contribution in [2.24, 2.45) is 28.6 Å². The molecule has 2 heteroatoms. The molecule has 2 fully saturated rings. The van der Waals surface area contributed by atoms with Crippen LogP contribution < -0.4 is 0 Å². The minimum Gasteiger partial charge on any atom is -0.393 e. The number of carbonyl (C=O) groups is 1. The Hall–Kier alpha value is -0.890. The van der Waals surface area contributed by atoms with E-state index in [0.717, 1.165) is 25.7 Å². The molecule has 2 saturated carbocycles. The van der Waals surface area contributed by atoms with Crippen LogP contribution in [0.4, 0.5) is 0 Å². The van der Waals surface area contributed by atoms with Gasteiger partial charge in [0.1, 0.15) is 0 Å². The summed E-state index contributed by atoms with van der Waals surface area (Å²) in [5, 5.41) is 10.5. The smallest absolute Gasteiger partial charge is 0.155 e. The van der Waals surface area contributed by atoms with Crippen molar-refractivity contribution < 1.29 is 9.90 Å². The Labute approximate surface area is 133 Å². The van der Waals surface area contributed by atoms with Crippen molar-refractivity contribution in [3.8, 4) is 0 Å². The molecule has 0 heterocycles. The van der Waals surface area contributed by atoms with Gasteiger partial charge in [0, 0.05) is 11.8 Å². The van der Waals surface area contributed by atoms with Gasteiger partial charge in [-0.3, -0.25) is 4.79 Å². The SMILES string of the molecule is C[C@H]1C=C2[C@@H]3CC[C@H](O)[C@@]3(C)CC[C@@H]2[C@@]2(C)CCC(=O)C=C12. The molecule has 22 heavy (non-hydrogen) atoms. The first-order valence-corrected chi connectivity index (χ1v) is 9.01. The number of fused-ring (bicyclic) bond motifs is 5. The maximum Gasteiger partial charge on any atom is 0.155 e. The van der Waals surface area contributed by atoms with Gasteiger partial charge in [-0.25, -0.2) is 0 Å². The van der Waals surface area contributed by atoms with Crippen molar-refractivity contribution in [2.45, 2.75) is 65.4 Å². The minimum atomic E-state index is -0.132. The van der Waals surface area contributed by atoms with E-state index in [4.69, 9.17) is 0 Å². The molecule has 2 nitrogen and oxygen atoms in total. The molecule has 0 bridgehead atoms. The van der Waals surface area contributed by atoms with Crippen LogP contribution in [0.1, 0.15) is 59.3 Å². The Morgan fingerprint density at radius 2 is 1.91 bits per heavy atom. The maximum absolute atomic E-state index is 11.9. The van der Waals surface area contributed by atoms with Crippen LogP contribution in [0.25, 0.3) is 0 Å². The first kappa shape index (κ1) is 14.7. The van der Waals surface area contributed by atoms with Gasteiger partial charge in [0.2, 0.25) is 0 Å². The van der Waals surface area contributed by atoms with E-state index in [1.54, 1.807) is 5.57 Å². The Morgan fingerprint density at radius 1 is 1.14 bits per heavy atom. The van der Waals surface area contributed by atoms with Crippen molar-refractivity contribution in [1.82, 2.24) is 0 Å². The second kappa shape index (κ2) is 4.56. The molecule has 0 amide bonds. The molecule has 4 aliphatic rings. The van der Waals surface area contributed by atoms with Crippen molar-refractivity contribution in [3.63, 3.8) is 0 Å². The number of carbonyl (C=O) groups excluding carboxylic acids is 1. The lowest BCUT2D eigenvalue weighted by atomic mass is 9.49. The number of allylic oxidation sites excluding steroid dienone is 4. The zero-order valence-electron chi connectivity index (χ0n) is 14.1. The van der Waals surface area contributed by atoms with Gasteiger partial charge in [-0.15, -0.1) is 0 Å². The zero-order valence-corrected chi connectivity index (χ0v) is 14.1. The Morgan fingerprint density at radius 3 is 2.68 bits per heavy atom. The molecule has 0 aromatic heterocycles. The molecule has 4 aliphatic carbocycles. The van der Waals surface area contributed by atoms with Crippen molar-refractivity contribution in [2.75, 3.05) is 0 Å². The summed E-state index contributed by atoms with van der Waals surface area (Å²) < 4.78 is 0. The van der Waals surface area contributed by atoms with Gasteiger partial charge in [-0.2, -0.15) is 0 Å². The van der Waals surface area contributed by atoms with Crippen LogP contribution in [0.2, 0.25) is 0 Å². The number of ketones is 1. The van der Waals surface area contributed by atoms with Gasteiger partial charge in [-0.1, -0.05) is 38.0 Å². The third-order valence-electron chi connectivity index (χ3n) is 7.63. The standard InChI is InChI=1S/C20H28O2/c1-12-10-14-15-4-5-18(22)20(15,3)9-7-16(14)19(2)8-6-13(21)11-17(12)19/h10-12,15-16,18,22H,4-9H2,1-3H3/t12-,15-,16-,18-,19+,20-/m0/s1. The van der Waals surface area contributed by atoms with Crippen LogP contribution in [0, 0.1) is 28.6 Å². The summed E-state index contributed by atoms with van der Waals surface area (Å²) in [5.41, 5.74) is 3.25. The van der Waals surface area contributed by atoms with Crippen LogP contribution >= 0.6 is 0 Å². The molecule has 0 saturated heterocycles. The van der Waals surface area contributed by atoms with Gasteiger partial charge >= 0.3 is 0 Å². The normalized spacial score (nSPS) is 50.6. The number of aliphatic hydroxyl groups is 1. The van der Waals surface area contributed by atoms with Gasteiger partial charge in [0.25, 0.3) is 0 Å². The minimum absolute atomic E-state index is 0.0874. The fourth-order valence-electron chi connectivity index (χ4n) is 6.23. The summed E-state index contributed by atoms with van der Waals surface area (Å²) >= 11 is 0. The number of hydrogen-bond donors (Lipinski definition) is 1. The molecule has 120 valence electrons. The van der Waals surface area contributed by atoms with Crippen LogP contribution in [0.3, 0.4) is 0 Å². The Kier molecular flexibility index (Phi) is 3.05. The Balaban J connectivity index is 1.81. The third-order valence-corrected chi connectivity index (χ3v) is 7.63. The molecule has 0 spiro atoms. The molecule has 0 radical (unpaired) electrons.